The lowest BCUT2D eigenvalue weighted by Crippen LogP contribution is -2.28. The van der Waals surface area contributed by atoms with Crippen LogP contribution in [0.4, 0.5) is 23.4 Å². The van der Waals surface area contributed by atoms with Gasteiger partial charge in [-0.3, -0.25) is 4.79 Å². The Balaban J connectivity index is 2.40. The summed E-state index contributed by atoms with van der Waals surface area (Å²) in [5.41, 5.74) is -1.47. The Morgan fingerprint density at radius 2 is 1.84 bits per heavy atom. The molecule has 1 aromatic heterocycles. The molecule has 0 unspecified atom stereocenters. The summed E-state index contributed by atoms with van der Waals surface area (Å²) >= 11 is 6.07. The van der Waals surface area contributed by atoms with Crippen LogP contribution in [0.2, 0.25) is 5.28 Å². The smallest absolute Gasteiger partial charge is 0.266 e. The first-order valence-electron chi connectivity index (χ1n) is 10.4. The monoisotopic (exact) mass is 474 g/mol. The first kappa shape index (κ1) is 25.8. The summed E-state index contributed by atoms with van der Waals surface area (Å²) in [7, 11) is 0. The van der Waals surface area contributed by atoms with Crippen molar-refractivity contribution in [1.29, 1.82) is 0 Å². The third-order valence-corrected chi connectivity index (χ3v) is 5.27. The third-order valence-electron chi connectivity index (χ3n) is 5.10. The van der Waals surface area contributed by atoms with Gasteiger partial charge in [0.05, 0.1) is 11.3 Å². The van der Waals surface area contributed by atoms with Crippen molar-refractivity contribution >= 4 is 23.8 Å². The molecule has 1 aromatic carbocycles. The van der Waals surface area contributed by atoms with Crippen molar-refractivity contribution in [2.45, 2.75) is 71.1 Å². The van der Waals surface area contributed by atoms with E-state index in [1.807, 2.05) is 13.8 Å². The maximum atomic E-state index is 15.5. The maximum Gasteiger partial charge on any atom is 0.266 e. The minimum Gasteiger partial charge on any atom is -0.365 e. The van der Waals surface area contributed by atoms with Gasteiger partial charge >= 0.3 is 0 Å². The fourth-order valence-electron chi connectivity index (χ4n) is 3.70. The number of anilines is 1. The molecule has 0 radical (unpaired) electrons. The molecule has 0 fully saturated rings. The molecule has 0 saturated heterocycles. The van der Waals surface area contributed by atoms with Gasteiger partial charge in [0.15, 0.2) is 0 Å². The number of aromatic nitrogens is 2. The van der Waals surface area contributed by atoms with E-state index >= 15 is 4.39 Å². The molecule has 0 saturated carbocycles. The minimum atomic E-state index is -2.95. The molecule has 0 aliphatic carbocycles. The SMILES string of the molecule is CCCC(F)(CCC)Cc1nc(Cl)nc(NCc2cccc(C(F)F)c2F)c1CNC=O. The number of carbonyl (C=O) groups excluding carboxylic acids is 1. The summed E-state index contributed by atoms with van der Waals surface area (Å²) in [5, 5.41) is 5.24. The molecular formula is C22H27ClF4N4O. The zero-order chi connectivity index (χ0) is 23.7. The molecule has 0 aliphatic heterocycles. The van der Waals surface area contributed by atoms with Crippen LogP contribution in [0.25, 0.3) is 0 Å². The fraction of sp³-hybridized carbons (Fsp3) is 0.500. The van der Waals surface area contributed by atoms with Crippen LogP contribution in [0.15, 0.2) is 18.2 Å². The highest BCUT2D eigenvalue weighted by molar-refractivity contribution is 6.28. The average Bonchev–Trinajstić information content (AvgIpc) is 2.72. The normalized spacial score (nSPS) is 11.6. The quantitative estimate of drug-likeness (QED) is 0.215. The Morgan fingerprint density at radius 3 is 2.44 bits per heavy atom. The van der Waals surface area contributed by atoms with Crippen molar-refractivity contribution in [3.63, 3.8) is 0 Å². The van der Waals surface area contributed by atoms with Gasteiger partial charge in [-0.25, -0.2) is 27.5 Å². The van der Waals surface area contributed by atoms with E-state index in [1.54, 1.807) is 0 Å². The van der Waals surface area contributed by atoms with E-state index in [0.29, 0.717) is 43.4 Å². The molecule has 32 heavy (non-hydrogen) atoms. The molecule has 0 atom stereocenters. The van der Waals surface area contributed by atoms with E-state index in [1.165, 1.54) is 12.1 Å². The van der Waals surface area contributed by atoms with E-state index < -0.39 is 23.5 Å². The number of amides is 1. The zero-order valence-electron chi connectivity index (χ0n) is 18.0. The summed E-state index contributed by atoms with van der Waals surface area (Å²) in [6.45, 7) is 3.60. The lowest BCUT2D eigenvalue weighted by molar-refractivity contribution is -0.109. The standard InChI is InChI=1S/C22H27ClF4N4O/c1-3-8-22(27,9-4-2)10-17-16(12-28-13-32)20(31-21(23)30-17)29-11-14-6-5-7-15(18(14)24)19(25)26/h5-7,13,19H,3-4,8-12H2,1-2H3,(H,28,32)(H,29,30,31). The summed E-state index contributed by atoms with van der Waals surface area (Å²) < 4.78 is 55.9. The fourth-order valence-corrected chi connectivity index (χ4v) is 3.89. The Bertz CT molecular complexity index is 908. The number of nitrogens with zero attached hydrogens (tertiary/aromatic N) is 2. The molecule has 5 nitrogen and oxygen atoms in total. The van der Waals surface area contributed by atoms with Gasteiger partial charge in [0, 0.05) is 30.6 Å². The second-order valence-electron chi connectivity index (χ2n) is 7.57. The Morgan fingerprint density at radius 1 is 1.16 bits per heavy atom. The van der Waals surface area contributed by atoms with Gasteiger partial charge in [-0.1, -0.05) is 44.9 Å². The van der Waals surface area contributed by atoms with Gasteiger partial charge in [0.1, 0.15) is 17.3 Å². The van der Waals surface area contributed by atoms with Crippen molar-refractivity contribution in [2.75, 3.05) is 5.32 Å². The average molecular weight is 475 g/mol. The second kappa shape index (κ2) is 12.0. The largest absolute Gasteiger partial charge is 0.365 e. The Kier molecular flexibility index (Phi) is 9.68. The first-order chi connectivity index (χ1) is 15.2. The van der Waals surface area contributed by atoms with Gasteiger partial charge in [0.25, 0.3) is 6.43 Å². The van der Waals surface area contributed by atoms with E-state index in [4.69, 9.17) is 11.6 Å². The minimum absolute atomic E-state index is 0.00480. The van der Waals surface area contributed by atoms with Gasteiger partial charge < -0.3 is 10.6 Å². The van der Waals surface area contributed by atoms with Gasteiger partial charge in [-0.05, 0) is 24.4 Å². The second-order valence-corrected chi connectivity index (χ2v) is 7.91. The maximum absolute atomic E-state index is 15.5. The zero-order valence-corrected chi connectivity index (χ0v) is 18.8. The van der Waals surface area contributed by atoms with Crippen LogP contribution in [-0.4, -0.2) is 22.0 Å². The Labute approximate surface area is 190 Å². The van der Waals surface area contributed by atoms with Crippen LogP contribution in [-0.2, 0) is 24.3 Å². The highest BCUT2D eigenvalue weighted by Crippen LogP contribution is 2.32. The molecule has 2 rings (SSSR count). The topological polar surface area (TPSA) is 66.9 Å². The molecule has 2 aromatic rings. The number of alkyl halides is 3. The number of hydrogen-bond acceptors (Lipinski definition) is 4. The summed E-state index contributed by atoms with van der Waals surface area (Å²) in [5.74, 6) is -0.844. The number of carbonyl (C=O) groups is 1. The van der Waals surface area contributed by atoms with Gasteiger partial charge in [-0.2, -0.15) is 0 Å². The van der Waals surface area contributed by atoms with Gasteiger partial charge in [0.2, 0.25) is 11.7 Å². The molecule has 2 N–H and O–H groups in total. The number of hydrogen-bond donors (Lipinski definition) is 2. The van der Waals surface area contributed by atoms with Crippen molar-refractivity contribution in [2.24, 2.45) is 0 Å². The van der Waals surface area contributed by atoms with E-state index in [9.17, 15) is 18.0 Å². The molecule has 0 bridgehead atoms. The number of benzene rings is 1. The number of rotatable bonds is 13. The molecule has 176 valence electrons. The summed E-state index contributed by atoms with van der Waals surface area (Å²) in [6, 6.07) is 3.73. The lowest BCUT2D eigenvalue weighted by atomic mass is 9.88. The molecule has 10 heteroatoms. The van der Waals surface area contributed by atoms with Crippen LogP contribution in [0.5, 0.6) is 0 Å². The summed E-state index contributed by atoms with van der Waals surface area (Å²) in [6.07, 6.45) is -0.554. The molecule has 1 amide bonds. The molecular weight excluding hydrogens is 448 g/mol. The number of nitrogens with one attached hydrogen (secondary N) is 2. The third kappa shape index (κ3) is 6.79. The molecule has 0 spiro atoms. The van der Waals surface area contributed by atoms with Crippen molar-refractivity contribution in [1.82, 2.24) is 15.3 Å². The number of halogens is 5. The van der Waals surface area contributed by atoms with Crippen molar-refractivity contribution in [3.05, 3.63) is 51.7 Å². The van der Waals surface area contributed by atoms with E-state index in [2.05, 4.69) is 20.6 Å². The van der Waals surface area contributed by atoms with Crippen molar-refractivity contribution < 1.29 is 22.4 Å². The van der Waals surface area contributed by atoms with Gasteiger partial charge in [-0.15, -0.1) is 0 Å². The molecule has 0 aliphatic rings. The van der Waals surface area contributed by atoms with Crippen molar-refractivity contribution in [3.8, 4) is 0 Å². The van der Waals surface area contributed by atoms with Crippen LogP contribution in [0.3, 0.4) is 0 Å². The van der Waals surface area contributed by atoms with E-state index in [-0.39, 0.29) is 36.2 Å². The van der Waals surface area contributed by atoms with Crippen LogP contribution in [0.1, 0.15) is 68.3 Å². The Hall–Kier alpha value is -2.42. The first-order valence-corrected chi connectivity index (χ1v) is 10.8. The predicted molar refractivity (Wildman–Crippen MR) is 116 cm³/mol. The highest BCUT2D eigenvalue weighted by atomic mass is 35.5. The van der Waals surface area contributed by atoms with Crippen LogP contribution in [0, 0.1) is 5.82 Å². The van der Waals surface area contributed by atoms with E-state index in [0.717, 1.165) is 6.07 Å². The van der Waals surface area contributed by atoms with Crippen LogP contribution < -0.4 is 10.6 Å². The molecule has 1 heterocycles. The summed E-state index contributed by atoms with van der Waals surface area (Å²) in [4.78, 5) is 19.2. The van der Waals surface area contributed by atoms with Crippen LogP contribution >= 0.6 is 11.6 Å². The predicted octanol–water partition coefficient (Wildman–Crippen LogP) is 5.92. The lowest BCUT2D eigenvalue weighted by Gasteiger charge is -2.26. The highest BCUT2D eigenvalue weighted by Gasteiger charge is 2.31.